The predicted octanol–water partition coefficient (Wildman–Crippen LogP) is -4.61. The van der Waals surface area contributed by atoms with Crippen LogP contribution in [-0.4, -0.2) is 87.2 Å². The van der Waals surface area contributed by atoms with Crippen molar-refractivity contribution in [1.29, 1.82) is 0 Å². The largest absolute Gasteiger partial charge is 0.460 e. The number of carbonyl (C=O) groups is 7. The summed E-state index contributed by atoms with van der Waals surface area (Å²) in [5, 5.41) is 13.4. The number of carbonyl (C=O) groups excluding carboxylic acids is 7. The van der Waals surface area contributed by atoms with Crippen molar-refractivity contribution in [1.82, 2.24) is 31.9 Å². The molecule has 0 aromatic heterocycles. The predicted molar refractivity (Wildman–Crippen MR) is 123 cm³/mol. The smallest absolute Gasteiger partial charge is 0.325 e. The Morgan fingerprint density at radius 3 is 1.31 bits per heavy atom. The molecule has 0 aliphatic rings. The summed E-state index contributed by atoms with van der Waals surface area (Å²) in [6, 6.07) is 8.98. The van der Waals surface area contributed by atoms with Gasteiger partial charge < -0.3 is 42.4 Å². The molecule has 36 heavy (non-hydrogen) atoms. The highest BCUT2D eigenvalue weighted by atomic mass is 16.5. The SMILES string of the molecule is NCC(=O)NCC(=O)NCC(=O)NCC(=O)NCC(=O)NCC(=O)NCC(=O)OCc1ccccc1. The van der Waals surface area contributed by atoms with Crippen LogP contribution in [0.1, 0.15) is 5.56 Å². The fourth-order valence-electron chi connectivity index (χ4n) is 2.24. The van der Waals surface area contributed by atoms with Gasteiger partial charge in [-0.3, -0.25) is 33.6 Å². The lowest BCUT2D eigenvalue weighted by Gasteiger charge is -2.09. The Morgan fingerprint density at radius 2 is 0.917 bits per heavy atom. The maximum absolute atomic E-state index is 11.7. The zero-order valence-corrected chi connectivity index (χ0v) is 19.4. The first-order valence-corrected chi connectivity index (χ1v) is 10.7. The number of amides is 6. The Labute approximate surface area is 206 Å². The lowest BCUT2D eigenvalue weighted by atomic mass is 10.2. The summed E-state index contributed by atoms with van der Waals surface area (Å²) in [5.41, 5.74) is 5.86. The second kappa shape index (κ2) is 17.0. The minimum absolute atomic E-state index is 0.0654. The Kier molecular flexibility index (Phi) is 13.9. The Bertz CT molecular complexity index is 939. The van der Waals surface area contributed by atoms with Crippen molar-refractivity contribution in [2.24, 2.45) is 5.73 Å². The van der Waals surface area contributed by atoms with Gasteiger partial charge in [-0.15, -0.1) is 0 Å². The molecule has 8 N–H and O–H groups in total. The minimum Gasteiger partial charge on any atom is -0.460 e. The van der Waals surface area contributed by atoms with Crippen LogP contribution in [0.3, 0.4) is 0 Å². The zero-order chi connectivity index (χ0) is 26.8. The highest BCUT2D eigenvalue weighted by Gasteiger charge is 2.11. The van der Waals surface area contributed by atoms with Gasteiger partial charge in [-0.2, -0.15) is 0 Å². The first-order valence-electron chi connectivity index (χ1n) is 10.7. The van der Waals surface area contributed by atoms with Crippen molar-refractivity contribution in [3.8, 4) is 0 Å². The maximum Gasteiger partial charge on any atom is 0.325 e. The molecule has 0 unspecified atom stereocenters. The van der Waals surface area contributed by atoms with Crippen LogP contribution in [0.4, 0.5) is 0 Å². The van der Waals surface area contributed by atoms with Crippen molar-refractivity contribution in [2.45, 2.75) is 6.61 Å². The Hall–Kier alpha value is -4.53. The number of nitrogens with two attached hydrogens (primary N) is 1. The molecule has 0 saturated carbocycles. The van der Waals surface area contributed by atoms with Crippen molar-refractivity contribution in [3.63, 3.8) is 0 Å². The van der Waals surface area contributed by atoms with Crippen molar-refractivity contribution >= 4 is 41.4 Å². The van der Waals surface area contributed by atoms with Gasteiger partial charge in [0.1, 0.15) is 13.2 Å². The first-order chi connectivity index (χ1) is 17.2. The fraction of sp³-hybridized carbons (Fsp3) is 0.381. The molecule has 196 valence electrons. The molecule has 0 fully saturated rings. The Morgan fingerprint density at radius 1 is 0.556 bits per heavy atom. The molecular formula is C21H29N7O8. The van der Waals surface area contributed by atoms with Gasteiger partial charge in [0.05, 0.1) is 39.3 Å². The molecule has 0 spiro atoms. The third-order valence-electron chi connectivity index (χ3n) is 4.09. The molecule has 0 saturated heterocycles. The van der Waals surface area contributed by atoms with E-state index in [1.165, 1.54) is 0 Å². The first kappa shape index (κ1) is 29.5. The van der Waals surface area contributed by atoms with E-state index in [9.17, 15) is 33.6 Å². The topological polar surface area (TPSA) is 227 Å². The molecular weight excluding hydrogens is 478 g/mol. The van der Waals surface area contributed by atoms with Gasteiger partial charge in [-0.05, 0) is 5.56 Å². The third-order valence-corrected chi connectivity index (χ3v) is 4.09. The van der Waals surface area contributed by atoms with Gasteiger partial charge >= 0.3 is 5.97 Å². The molecule has 1 rings (SSSR count). The highest BCUT2D eigenvalue weighted by Crippen LogP contribution is 2.00. The van der Waals surface area contributed by atoms with Crippen molar-refractivity contribution in [2.75, 3.05) is 45.8 Å². The number of benzene rings is 1. The van der Waals surface area contributed by atoms with Crippen LogP contribution in [0.25, 0.3) is 0 Å². The molecule has 15 heteroatoms. The fourth-order valence-corrected chi connectivity index (χ4v) is 2.24. The van der Waals surface area contributed by atoms with E-state index in [4.69, 9.17) is 10.5 Å². The van der Waals surface area contributed by atoms with Crippen LogP contribution in [0.2, 0.25) is 0 Å². The van der Waals surface area contributed by atoms with E-state index in [2.05, 4.69) is 31.9 Å². The van der Waals surface area contributed by atoms with Crippen LogP contribution >= 0.6 is 0 Å². The van der Waals surface area contributed by atoms with Gasteiger partial charge in [0.25, 0.3) is 0 Å². The van der Waals surface area contributed by atoms with Gasteiger partial charge in [-0.25, -0.2) is 0 Å². The average molecular weight is 508 g/mol. The van der Waals surface area contributed by atoms with Crippen LogP contribution in [0.15, 0.2) is 30.3 Å². The van der Waals surface area contributed by atoms with E-state index >= 15 is 0 Å². The Balaban J connectivity index is 2.09. The van der Waals surface area contributed by atoms with E-state index in [-0.39, 0.29) is 26.2 Å². The van der Waals surface area contributed by atoms with E-state index < -0.39 is 67.6 Å². The maximum atomic E-state index is 11.7. The summed E-state index contributed by atoms with van der Waals surface area (Å²) in [5.74, 6) is -4.48. The van der Waals surface area contributed by atoms with E-state index in [1.54, 1.807) is 24.3 Å². The second-order valence-corrected chi connectivity index (χ2v) is 7.01. The molecule has 0 atom stereocenters. The molecule has 0 aliphatic carbocycles. The zero-order valence-electron chi connectivity index (χ0n) is 19.4. The summed E-state index contributed by atoms with van der Waals surface area (Å²) < 4.78 is 5.00. The summed E-state index contributed by atoms with van der Waals surface area (Å²) in [6.45, 7) is -2.72. The van der Waals surface area contributed by atoms with Gasteiger partial charge in [0.15, 0.2) is 0 Å². The van der Waals surface area contributed by atoms with Crippen LogP contribution in [-0.2, 0) is 44.9 Å². The third kappa shape index (κ3) is 14.6. The van der Waals surface area contributed by atoms with Gasteiger partial charge in [0.2, 0.25) is 35.4 Å². The summed E-state index contributed by atoms with van der Waals surface area (Å²) in [7, 11) is 0. The van der Waals surface area contributed by atoms with E-state index in [0.717, 1.165) is 5.56 Å². The normalized spacial score (nSPS) is 9.81. The minimum atomic E-state index is -0.689. The van der Waals surface area contributed by atoms with Crippen LogP contribution in [0, 0.1) is 0 Å². The van der Waals surface area contributed by atoms with Gasteiger partial charge in [-0.1, -0.05) is 30.3 Å². The number of esters is 1. The van der Waals surface area contributed by atoms with Crippen LogP contribution in [0.5, 0.6) is 0 Å². The molecule has 1 aromatic rings. The quantitative estimate of drug-likeness (QED) is 0.113. The van der Waals surface area contributed by atoms with Crippen molar-refractivity contribution in [3.05, 3.63) is 35.9 Å². The standard InChI is InChI=1S/C21H29N7O8/c22-6-15(29)23-7-16(30)24-8-17(31)25-9-18(32)26-10-19(33)27-11-20(34)28-12-21(35)36-13-14-4-2-1-3-5-14/h1-5H,6-13,22H2,(H,23,29)(H,24,30)(H,25,31)(H,26,32)(H,27,33)(H,28,34). The average Bonchev–Trinajstić information content (AvgIpc) is 2.89. The summed E-state index contributed by atoms with van der Waals surface area (Å²) in [4.78, 5) is 80.8. The van der Waals surface area contributed by atoms with Crippen LogP contribution < -0.4 is 37.6 Å². The number of ether oxygens (including phenoxy) is 1. The molecule has 0 heterocycles. The number of hydrogen-bond donors (Lipinski definition) is 7. The lowest BCUT2D eigenvalue weighted by molar-refractivity contribution is -0.145. The molecule has 0 radical (unpaired) electrons. The number of hydrogen-bond acceptors (Lipinski definition) is 9. The molecule has 15 nitrogen and oxygen atoms in total. The molecule has 1 aromatic carbocycles. The van der Waals surface area contributed by atoms with Gasteiger partial charge in [0, 0.05) is 0 Å². The molecule has 0 bridgehead atoms. The van der Waals surface area contributed by atoms with E-state index in [0.29, 0.717) is 0 Å². The van der Waals surface area contributed by atoms with E-state index in [1.807, 2.05) is 6.07 Å². The lowest BCUT2D eigenvalue weighted by Crippen LogP contribution is -2.46. The highest BCUT2D eigenvalue weighted by molar-refractivity contribution is 5.92. The summed E-state index contributed by atoms with van der Waals surface area (Å²) in [6.07, 6.45) is 0. The molecule has 0 aliphatic heterocycles. The second-order valence-electron chi connectivity index (χ2n) is 7.01. The van der Waals surface area contributed by atoms with Crippen molar-refractivity contribution < 1.29 is 38.3 Å². The number of nitrogens with one attached hydrogen (secondary N) is 6. The monoisotopic (exact) mass is 507 g/mol. The summed E-state index contributed by atoms with van der Waals surface area (Å²) >= 11 is 0. The number of rotatable bonds is 15. The molecule has 6 amide bonds.